The standard InChI is InChI=1S/C17H23ClN2O/c18-14-6-3-4-12(10-14)8-9-19-17(21)16-11-13-5-1-2-7-15(13)20-16/h3-4,6,10,13,15-16,20H,1-2,5,7-9,11H2,(H,19,21). The molecule has 1 amide bonds. The third-order valence-corrected chi connectivity index (χ3v) is 5.02. The maximum atomic E-state index is 12.2. The van der Waals surface area contributed by atoms with Crippen LogP contribution in [0.4, 0.5) is 0 Å². The van der Waals surface area contributed by atoms with Crippen molar-refractivity contribution in [2.45, 2.75) is 50.6 Å². The van der Waals surface area contributed by atoms with E-state index in [4.69, 9.17) is 11.6 Å². The molecule has 0 aromatic heterocycles. The van der Waals surface area contributed by atoms with Crippen LogP contribution < -0.4 is 10.6 Å². The molecule has 1 saturated heterocycles. The summed E-state index contributed by atoms with van der Waals surface area (Å²) in [6, 6.07) is 8.40. The first-order valence-corrected chi connectivity index (χ1v) is 8.38. The Morgan fingerprint density at radius 2 is 2.19 bits per heavy atom. The maximum Gasteiger partial charge on any atom is 0.237 e. The molecule has 2 aliphatic rings. The van der Waals surface area contributed by atoms with Crippen molar-refractivity contribution in [2.75, 3.05) is 6.54 Å². The quantitative estimate of drug-likeness (QED) is 0.898. The molecular formula is C17H23ClN2O. The number of nitrogens with one attached hydrogen (secondary N) is 2. The van der Waals surface area contributed by atoms with Gasteiger partial charge in [0.15, 0.2) is 0 Å². The van der Waals surface area contributed by atoms with Crippen LogP contribution in [-0.4, -0.2) is 24.5 Å². The second kappa shape index (κ2) is 6.80. The van der Waals surface area contributed by atoms with E-state index in [-0.39, 0.29) is 11.9 Å². The van der Waals surface area contributed by atoms with Gasteiger partial charge < -0.3 is 10.6 Å². The molecule has 1 heterocycles. The highest BCUT2D eigenvalue weighted by atomic mass is 35.5. The summed E-state index contributed by atoms with van der Waals surface area (Å²) in [6.07, 6.45) is 6.98. The van der Waals surface area contributed by atoms with Crippen molar-refractivity contribution < 1.29 is 4.79 Å². The topological polar surface area (TPSA) is 41.1 Å². The lowest BCUT2D eigenvalue weighted by molar-refractivity contribution is -0.122. The van der Waals surface area contributed by atoms with Gasteiger partial charge >= 0.3 is 0 Å². The van der Waals surface area contributed by atoms with Crippen LogP contribution >= 0.6 is 11.6 Å². The van der Waals surface area contributed by atoms with Gasteiger partial charge in [0, 0.05) is 17.6 Å². The maximum absolute atomic E-state index is 12.2. The van der Waals surface area contributed by atoms with Crippen LogP contribution in [-0.2, 0) is 11.2 Å². The van der Waals surface area contributed by atoms with Gasteiger partial charge in [-0.2, -0.15) is 0 Å². The normalized spacial score (nSPS) is 28.1. The largest absolute Gasteiger partial charge is 0.354 e. The fourth-order valence-electron chi connectivity index (χ4n) is 3.67. The third-order valence-electron chi connectivity index (χ3n) is 4.78. The van der Waals surface area contributed by atoms with Gasteiger partial charge in [0.1, 0.15) is 0 Å². The van der Waals surface area contributed by atoms with Crippen LogP contribution in [0, 0.1) is 5.92 Å². The number of carbonyl (C=O) groups excluding carboxylic acids is 1. The van der Waals surface area contributed by atoms with Gasteiger partial charge in [-0.1, -0.05) is 36.6 Å². The van der Waals surface area contributed by atoms with Gasteiger partial charge in [-0.3, -0.25) is 4.79 Å². The van der Waals surface area contributed by atoms with Crippen molar-refractivity contribution >= 4 is 17.5 Å². The lowest BCUT2D eigenvalue weighted by atomic mass is 9.85. The van der Waals surface area contributed by atoms with Gasteiger partial charge in [0.05, 0.1) is 6.04 Å². The number of rotatable bonds is 4. The van der Waals surface area contributed by atoms with E-state index in [1.807, 2.05) is 24.3 Å². The summed E-state index contributed by atoms with van der Waals surface area (Å²) >= 11 is 5.96. The highest BCUT2D eigenvalue weighted by Crippen LogP contribution is 2.33. The van der Waals surface area contributed by atoms with E-state index < -0.39 is 0 Å². The number of benzene rings is 1. The fourth-order valence-corrected chi connectivity index (χ4v) is 3.88. The SMILES string of the molecule is O=C(NCCc1cccc(Cl)c1)C1CC2CCCCC2N1. The minimum absolute atomic E-state index is 0.0115. The zero-order valence-electron chi connectivity index (χ0n) is 12.3. The van der Waals surface area contributed by atoms with E-state index >= 15 is 0 Å². The Hall–Kier alpha value is -1.06. The van der Waals surface area contributed by atoms with Crippen molar-refractivity contribution in [3.8, 4) is 0 Å². The van der Waals surface area contributed by atoms with Crippen LogP contribution in [0.25, 0.3) is 0 Å². The summed E-state index contributed by atoms with van der Waals surface area (Å²) in [7, 11) is 0. The average Bonchev–Trinajstić information content (AvgIpc) is 2.91. The smallest absolute Gasteiger partial charge is 0.237 e. The number of halogens is 1. The molecule has 2 N–H and O–H groups in total. The van der Waals surface area contributed by atoms with E-state index in [0.29, 0.717) is 18.5 Å². The van der Waals surface area contributed by atoms with Crippen LogP contribution in [0.2, 0.25) is 5.02 Å². The van der Waals surface area contributed by atoms with Crippen LogP contribution in [0.15, 0.2) is 24.3 Å². The van der Waals surface area contributed by atoms with Gasteiger partial charge in [0.2, 0.25) is 5.91 Å². The molecule has 21 heavy (non-hydrogen) atoms. The Balaban J connectivity index is 1.44. The summed E-state index contributed by atoms with van der Waals surface area (Å²) in [5.41, 5.74) is 1.16. The third kappa shape index (κ3) is 3.78. The van der Waals surface area contributed by atoms with Crippen LogP contribution in [0.5, 0.6) is 0 Å². The van der Waals surface area contributed by atoms with Crippen molar-refractivity contribution in [3.05, 3.63) is 34.9 Å². The van der Waals surface area contributed by atoms with E-state index in [2.05, 4.69) is 10.6 Å². The van der Waals surface area contributed by atoms with E-state index in [0.717, 1.165) is 23.4 Å². The van der Waals surface area contributed by atoms with Crippen molar-refractivity contribution in [2.24, 2.45) is 5.92 Å². The lowest BCUT2D eigenvalue weighted by Crippen LogP contribution is -2.43. The minimum Gasteiger partial charge on any atom is -0.354 e. The summed E-state index contributed by atoms with van der Waals surface area (Å²) in [4.78, 5) is 12.2. The number of amides is 1. The molecule has 2 fully saturated rings. The molecule has 0 bridgehead atoms. The Kier molecular flexibility index (Phi) is 4.81. The lowest BCUT2D eigenvalue weighted by Gasteiger charge is -2.24. The van der Waals surface area contributed by atoms with Crippen molar-refractivity contribution in [1.29, 1.82) is 0 Å². The fraction of sp³-hybridized carbons (Fsp3) is 0.588. The Labute approximate surface area is 131 Å². The highest BCUT2D eigenvalue weighted by molar-refractivity contribution is 6.30. The number of fused-ring (bicyclic) bond motifs is 1. The Morgan fingerprint density at radius 1 is 1.33 bits per heavy atom. The molecule has 114 valence electrons. The molecule has 0 spiro atoms. The molecule has 1 aromatic carbocycles. The predicted molar refractivity (Wildman–Crippen MR) is 85.5 cm³/mol. The number of carbonyl (C=O) groups is 1. The molecule has 3 unspecified atom stereocenters. The first-order chi connectivity index (χ1) is 10.2. The molecule has 3 nitrogen and oxygen atoms in total. The Bertz CT molecular complexity index is 491. The molecule has 3 rings (SSSR count). The highest BCUT2D eigenvalue weighted by Gasteiger charge is 2.37. The summed E-state index contributed by atoms with van der Waals surface area (Å²) in [6.45, 7) is 0.673. The summed E-state index contributed by atoms with van der Waals surface area (Å²) < 4.78 is 0. The van der Waals surface area contributed by atoms with Crippen molar-refractivity contribution in [3.63, 3.8) is 0 Å². The second-order valence-corrected chi connectivity index (χ2v) is 6.71. The van der Waals surface area contributed by atoms with Gasteiger partial charge in [-0.15, -0.1) is 0 Å². The summed E-state index contributed by atoms with van der Waals surface area (Å²) in [5.74, 6) is 0.869. The molecular weight excluding hydrogens is 284 g/mol. The van der Waals surface area contributed by atoms with Gasteiger partial charge in [-0.25, -0.2) is 0 Å². The monoisotopic (exact) mass is 306 g/mol. The van der Waals surface area contributed by atoms with Gasteiger partial charge in [0.25, 0.3) is 0 Å². The minimum atomic E-state index is 0.0115. The van der Waals surface area contributed by atoms with Gasteiger partial charge in [-0.05, 0) is 49.3 Å². The Morgan fingerprint density at radius 3 is 3.00 bits per heavy atom. The van der Waals surface area contributed by atoms with E-state index in [1.54, 1.807) is 0 Å². The molecule has 1 saturated carbocycles. The molecule has 0 radical (unpaired) electrons. The first kappa shape index (κ1) is 14.9. The zero-order valence-corrected chi connectivity index (χ0v) is 13.0. The molecule has 1 aliphatic carbocycles. The van der Waals surface area contributed by atoms with E-state index in [9.17, 15) is 4.79 Å². The summed E-state index contributed by atoms with van der Waals surface area (Å²) in [5, 5.41) is 7.33. The number of hydrogen-bond acceptors (Lipinski definition) is 2. The molecule has 1 aliphatic heterocycles. The van der Waals surface area contributed by atoms with Crippen LogP contribution in [0.3, 0.4) is 0 Å². The molecule has 4 heteroatoms. The average molecular weight is 307 g/mol. The molecule has 1 aromatic rings. The van der Waals surface area contributed by atoms with Crippen LogP contribution in [0.1, 0.15) is 37.7 Å². The second-order valence-electron chi connectivity index (χ2n) is 6.28. The predicted octanol–water partition coefficient (Wildman–Crippen LogP) is 2.92. The van der Waals surface area contributed by atoms with Crippen molar-refractivity contribution in [1.82, 2.24) is 10.6 Å². The zero-order chi connectivity index (χ0) is 14.7. The molecule has 3 atom stereocenters. The first-order valence-electron chi connectivity index (χ1n) is 8.00. The van der Waals surface area contributed by atoms with E-state index in [1.165, 1.54) is 25.7 Å². The number of hydrogen-bond donors (Lipinski definition) is 2.